The second-order valence-electron chi connectivity index (χ2n) is 8.43. The fourth-order valence-electron chi connectivity index (χ4n) is 3.30. The molecule has 1 aromatic carbocycles. The number of thioether (sulfide) groups is 1. The fourth-order valence-corrected chi connectivity index (χ4v) is 4.25. The minimum atomic E-state index is -0.185. The first-order valence-corrected chi connectivity index (χ1v) is 10.8. The van der Waals surface area contributed by atoms with E-state index in [-0.39, 0.29) is 22.3 Å². The average molecular weight is 415 g/mol. The standard InChI is InChI=1S/C21H26N4O3S/c1-13(17-23-19(24-28-17)21(2,3)4)29-20-22-16-10-6-5-9-15(16)18(26)25(20)12-14-8-7-11-27-14/h5-6,9-10,13-14H,7-8,11-12H2,1-4H3. The van der Waals surface area contributed by atoms with E-state index >= 15 is 0 Å². The van der Waals surface area contributed by atoms with E-state index in [1.807, 2.05) is 52.0 Å². The number of nitrogens with zero attached hydrogens (tertiary/aromatic N) is 4. The Morgan fingerprint density at radius 2 is 2.07 bits per heavy atom. The van der Waals surface area contributed by atoms with Crippen molar-refractivity contribution in [1.82, 2.24) is 19.7 Å². The predicted octanol–water partition coefficient (Wildman–Crippen LogP) is 4.11. The first-order chi connectivity index (χ1) is 13.8. The van der Waals surface area contributed by atoms with Crippen LogP contribution < -0.4 is 5.56 Å². The van der Waals surface area contributed by atoms with Gasteiger partial charge in [-0.2, -0.15) is 4.98 Å². The number of aromatic nitrogens is 4. The molecule has 8 heteroatoms. The van der Waals surface area contributed by atoms with Crippen molar-refractivity contribution >= 4 is 22.7 Å². The molecule has 0 bridgehead atoms. The van der Waals surface area contributed by atoms with Gasteiger partial charge in [-0.25, -0.2) is 4.98 Å². The van der Waals surface area contributed by atoms with Crippen molar-refractivity contribution in [3.05, 3.63) is 46.3 Å². The summed E-state index contributed by atoms with van der Waals surface area (Å²) in [5, 5.41) is 5.24. The zero-order valence-corrected chi connectivity index (χ0v) is 18.0. The maximum atomic E-state index is 13.2. The van der Waals surface area contributed by atoms with E-state index < -0.39 is 0 Å². The van der Waals surface area contributed by atoms with E-state index in [1.165, 1.54) is 11.8 Å². The largest absolute Gasteiger partial charge is 0.376 e. The smallest absolute Gasteiger partial charge is 0.262 e. The summed E-state index contributed by atoms with van der Waals surface area (Å²) in [7, 11) is 0. The number of hydrogen-bond acceptors (Lipinski definition) is 7. The van der Waals surface area contributed by atoms with Crippen LogP contribution in [-0.4, -0.2) is 32.4 Å². The monoisotopic (exact) mass is 414 g/mol. The first-order valence-electron chi connectivity index (χ1n) is 9.95. The van der Waals surface area contributed by atoms with Crippen molar-refractivity contribution in [3.63, 3.8) is 0 Å². The normalized spacial score (nSPS) is 18.4. The van der Waals surface area contributed by atoms with Crippen molar-refractivity contribution in [2.24, 2.45) is 0 Å². The summed E-state index contributed by atoms with van der Waals surface area (Å²) in [5.74, 6) is 1.20. The molecule has 0 radical (unpaired) electrons. The molecule has 0 amide bonds. The third-order valence-corrected chi connectivity index (χ3v) is 6.06. The van der Waals surface area contributed by atoms with Gasteiger partial charge in [0.15, 0.2) is 11.0 Å². The molecule has 2 atom stereocenters. The summed E-state index contributed by atoms with van der Waals surface area (Å²) in [6, 6.07) is 7.45. The Hall–Kier alpha value is -2.19. The molecule has 1 saturated heterocycles. The van der Waals surface area contributed by atoms with Gasteiger partial charge < -0.3 is 9.26 Å². The van der Waals surface area contributed by atoms with Crippen molar-refractivity contribution < 1.29 is 9.26 Å². The highest BCUT2D eigenvalue weighted by Crippen LogP contribution is 2.34. The topological polar surface area (TPSA) is 83.0 Å². The molecular formula is C21H26N4O3S. The first kappa shape index (κ1) is 20.1. The van der Waals surface area contributed by atoms with Gasteiger partial charge in [-0.3, -0.25) is 9.36 Å². The lowest BCUT2D eigenvalue weighted by Crippen LogP contribution is -2.29. The summed E-state index contributed by atoms with van der Waals surface area (Å²) in [5.41, 5.74) is 0.466. The molecule has 0 spiro atoms. The van der Waals surface area contributed by atoms with Crippen LogP contribution in [-0.2, 0) is 16.7 Å². The van der Waals surface area contributed by atoms with Crippen molar-refractivity contribution in [2.75, 3.05) is 6.61 Å². The van der Waals surface area contributed by atoms with Crippen LogP contribution in [0.3, 0.4) is 0 Å². The molecule has 0 N–H and O–H groups in total. The summed E-state index contributed by atoms with van der Waals surface area (Å²) in [6.45, 7) is 9.37. The predicted molar refractivity (Wildman–Crippen MR) is 112 cm³/mol. The van der Waals surface area contributed by atoms with Gasteiger partial charge in [-0.05, 0) is 31.9 Å². The second kappa shape index (κ2) is 7.91. The molecule has 7 nitrogen and oxygen atoms in total. The van der Waals surface area contributed by atoms with Crippen LogP contribution in [0.15, 0.2) is 38.7 Å². The number of para-hydroxylation sites is 1. The van der Waals surface area contributed by atoms with Crippen LogP contribution in [0, 0.1) is 0 Å². The van der Waals surface area contributed by atoms with Gasteiger partial charge in [-0.15, -0.1) is 0 Å². The van der Waals surface area contributed by atoms with Gasteiger partial charge in [0.25, 0.3) is 5.56 Å². The van der Waals surface area contributed by atoms with Crippen molar-refractivity contribution in [1.29, 1.82) is 0 Å². The van der Waals surface area contributed by atoms with Crippen LogP contribution in [0.25, 0.3) is 10.9 Å². The number of rotatable bonds is 5. The number of benzene rings is 1. The van der Waals surface area contributed by atoms with Gasteiger partial charge >= 0.3 is 0 Å². The highest BCUT2D eigenvalue weighted by Gasteiger charge is 2.26. The van der Waals surface area contributed by atoms with E-state index in [2.05, 4.69) is 10.1 Å². The van der Waals surface area contributed by atoms with Crippen LogP contribution in [0.1, 0.15) is 57.5 Å². The van der Waals surface area contributed by atoms with Gasteiger partial charge in [-0.1, -0.05) is 49.8 Å². The summed E-state index contributed by atoms with van der Waals surface area (Å²) in [6.07, 6.45) is 2.02. The van der Waals surface area contributed by atoms with Gasteiger partial charge in [0, 0.05) is 12.0 Å². The minimum Gasteiger partial charge on any atom is -0.376 e. The van der Waals surface area contributed by atoms with Crippen molar-refractivity contribution in [3.8, 4) is 0 Å². The molecule has 2 unspecified atom stereocenters. The van der Waals surface area contributed by atoms with Crippen LogP contribution in [0.5, 0.6) is 0 Å². The molecule has 0 aliphatic carbocycles. The summed E-state index contributed by atoms with van der Waals surface area (Å²) < 4.78 is 13.0. The zero-order chi connectivity index (χ0) is 20.6. The zero-order valence-electron chi connectivity index (χ0n) is 17.2. The molecule has 1 fully saturated rings. The van der Waals surface area contributed by atoms with Crippen LogP contribution >= 0.6 is 11.8 Å². The summed E-state index contributed by atoms with van der Waals surface area (Å²) >= 11 is 1.46. The minimum absolute atomic E-state index is 0.0401. The van der Waals surface area contributed by atoms with Crippen LogP contribution in [0.2, 0.25) is 0 Å². The second-order valence-corrected chi connectivity index (χ2v) is 9.74. The van der Waals surface area contributed by atoms with E-state index in [1.54, 1.807) is 4.57 Å². The van der Waals surface area contributed by atoms with E-state index in [0.717, 1.165) is 19.4 Å². The molecule has 154 valence electrons. The van der Waals surface area contributed by atoms with Gasteiger partial charge in [0.1, 0.15) is 0 Å². The van der Waals surface area contributed by atoms with E-state index in [0.29, 0.717) is 34.3 Å². The van der Waals surface area contributed by atoms with E-state index in [4.69, 9.17) is 14.2 Å². The van der Waals surface area contributed by atoms with Crippen molar-refractivity contribution in [2.45, 2.75) is 69.0 Å². The average Bonchev–Trinajstić information content (AvgIpc) is 3.36. The Morgan fingerprint density at radius 3 is 2.76 bits per heavy atom. The molecule has 4 rings (SSSR count). The number of ether oxygens (including phenoxy) is 1. The lowest BCUT2D eigenvalue weighted by Gasteiger charge is -2.17. The molecule has 1 aliphatic heterocycles. The summed E-state index contributed by atoms with van der Waals surface area (Å²) in [4.78, 5) is 22.5. The molecule has 29 heavy (non-hydrogen) atoms. The van der Waals surface area contributed by atoms with E-state index in [9.17, 15) is 4.79 Å². The van der Waals surface area contributed by atoms with Crippen LogP contribution in [0.4, 0.5) is 0 Å². The number of hydrogen-bond donors (Lipinski definition) is 0. The molecule has 3 aromatic rings. The maximum absolute atomic E-state index is 13.2. The Morgan fingerprint density at radius 1 is 1.28 bits per heavy atom. The highest BCUT2D eigenvalue weighted by molar-refractivity contribution is 7.99. The molecule has 3 heterocycles. The molecular weight excluding hydrogens is 388 g/mol. The highest BCUT2D eigenvalue weighted by atomic mass is 32.2. The SMILES string of the molecule is CC(Sc1nc2ccccc2c(=O)n1CC1CCCO1)c1nc(C(C)(C)C)no1. The quantitative estimate of drug-likeness (QED) is 0.459. The Bertz CT molecular complexity index is 1060. The lowest BCUT2D eigenvalue weighted by molar-refractivity contribution is 0.0937. The Balaban J connectivity index is 1.69. The Kier molecular flexibility index (Phi) is 5.48. The molecule has 0 saturated carbocycles. The fraction of sp³-hybridized carbons (Fsp3) is 0.524. The van der Waals surface area contributed by atoms with Gasteiger partial charge in [0.05, 0.1) is 28.8 Å². The van der Waals surface area contributed by atoms with Gasteiger partial charge in [0.2, 0.25) is 5.89 Å². The Labute approximate surface area is 173 Å². The third kappa shape index (κ3) is 4.23. The lowest BCUT2D eigenvalue weighted by atomic mass is 9.96. The molecule has 2 aromatic heterocycles. The number of fused-ring (bicyclic) bond motifs is 1. The molecule has 1 aliphatic rings. The third-order valence-electron chi connectivity index (χ3n) is 4.98. The maximum Gasteiger partial charge on any atom is 0.262 e.